The van der Waals surface area contributed by atoms with Gasteiger partial charge < -0.3 is 0 Å². The highest BCUT2D eigenvalue weighted by atomic mass is 79.9. The van der Waals surface area contributed by atoms with Gasteiger partial charge in [-0.15, -0.1) is 17.0 Å². The van der Waals surface area contributed by atoms with E-state index in [1.54, 1.807) is 30.3 Å². The Hall–Kier alpha value is -2.42. The van der Waals surface area contributed by atoms with E-state index in [1.807, 2.05) is 30.3 Å². The lowest BCUT2D eigenvalue weighted by atomic mass is 9.96. The summed E-state index contributed by atoms with van der Waals surface area (Å²) in [5.41, 5.74) is 1.70. The number of rotatable bonds is 3. The summed E-state index contributed by atoms with van der Waals surface area (Å²) in [5, 5.41) is 5.24. The van der Waals surface area contributed by atoms with E-state index in [-0.39, 0.29) is 22.8 Å². The zero-order chi connectivity index (χ0) is 17.2. The van der Waals surface area contributed by atoms with Crippen LogP contribution in [0, 0.1) is 0 Å². The van der Waals surface area contributed by atoms with Crippen LogP contribution < -0.4 is 0 Å². The summed E-state index contributed by atoms with van der Waals surface area (Å²) in [7, 11) is 0. The Morgan fingerprint density at radius 1 is 0.769 bits per heavy atom. The van der Waals surface area contributed by atoms with Crippen LogP contribution in [0.1, 0.15) is 15.9 Å². The molecule has 128 valence electrons. The third kappa shape index (κ3) is 3.57. The van der Waals surface area contributed by atoms with Gasteiger partial charge in [0.25, 0.3) is 0 Å². The Balaban J connectivity index is 0.00000196. The molecule has 1 nitrogen and oxygen atoms in total. The minimum Gasteiger partial charge on any atom is -0.289 e. The Bertz CT molecular complexity index is 1060. The molecule has 0 saturated carbocycles. The maximum atomic E-state index is 12.5. The quantitative estimate of drug-likeness (QED) is 0.195. The molecule has 0 spiro atoms. The Labute approximate surface area is 167 Å². The predicted octanol–water partition coefficient (Wildman–Crippen LogP) is 7.12. The molecule has 0 fully saturated rings. The van der Waals surface area contributed by atoms with E-state index < -0.39 is 0 Å². The van der Waals surface area contributed by atoms with Crippen LogP contribution in [-0.2, 0) is 0 Å². The van der Waals surface area contributed by atoms with Crippen LogP contribution in [0.2, 0.25) is 5.02 Å². The van der Waals surface area contributed by atoms with Crippen LogP contribution in [0.4, 0.5) is 0 Å². The summed E-state index contributed by atoms with van der Waals surface area (Å²) >= 11 is 5.89. The molecule has 0 aliphatic heterocycles. The largest absolute Gasteiger partial charge is 0.289 e. The molecule has 0 saturated heterocycles. The molecule has 0 aromatic heterocycles. The van der Waals surface area contributed by atoms with Gasteiger partial charge in [0.05, 0.1) is 0 Å². The number of hydrogen-bond donors (Lipinski definition) is 0. The molecule has 0 aliphatic carbocycles. The zero-order valence-electron chi connectivity index (χ0n) is 13.9. The fraction of sp³-hybridized carbons (Fsp3) is 0. The SMILES string of the molecule is Br.O=C(/C=C/c1c2ccccc2cc2ccccc12)c1ccc(Cl)cc1. The van der Waals surface area contributed by atoms with Gasteiger partial charge in [-0.05, 0) is 69.6 Å². The van der Waals surface area contributed by atoms with E-state index in [0.29, 0.717) is 10.6 Å². The van der Waals surface area contributed by atoms with Gasteiger partial charge in [0.15, 0.2) is 5.78 Å². The maximum Gasteiger partial charge on any atom is 0.185 e. The van der Waals surface area contributed by atoms with E-state index in [0.717, 1.165) is 16.3 Å². The lowest BCUT2D eigenvalue weighted by molar-refractivity contribution is 0.104. The first-order valence-corrected chi connectivity index (χ1v) is 8.49. The lowest BCUT2D eigenvalue weighted by Gasteiger charge is -2.08. The number of carbonyl (C=O) groups is 1. The summed E-state index contributed by atoms with van der Waals surface area (Å²) in [6, 6.07) is 25.6. The lowest BCUT2D eigenvalue weighted by Crippen LogP contribution is -1.93. The molecule has 0 N–H and O–H groups in total. The van der Waals surface area contributed by atoms with Crippen molar-refractivity contribution in [2.24, 2.45) is 0 Å². The van der Waals surface area contributed by atoms with Crippen molar-refractivity contribution in [2.75, 3.05) is 0 Å². The van der Waals surface area contributed by atoms with Crippen molar-refractivity contribution in [3.63, 3.8) is 0 Å². The number of benzene rings is 4. The summed E-state index contributed by atoms with van der Waals surface area (Å²) in [6.45, 7) is 0. The van der Waals surface area contributed by atoms with Crippen molar-refractivity contribution in [3.8, 4) is 0 Å². The van der Waals surface area contributed by atoms with Crippen molar-refractivity contribution in [1.29, 1.82) is 0 Å². The molecular weight excluding hydrogens is 408 g/mol. The number of ketones is 1. The molecule has 0 heterocycles. The Morgan fingerprint density at radius 3 is 1.88 bits per heavy atom. The molecule has 4 rings (SSSR count). The van der Waals surface area contributed by atoms with Gasteiger partial charge >= 0.3 is 0 Å². The topological polar surface area (TPSA) is 17.1 Å². The summed E-state index contributed by atoms with van der Waals surface area (Å²) in [5.74, 6) is -0.0336. The average Bonchev–Trinajstić information content (AvgIpc) is 2.65. The van der Waals surface area contributed by atoms with E-state index in [1.165, 1.54) is 10.8 Å². The first kappa shape index (κ1) is 18.4. The third-order valence-corrected chi connectivity index (χ3v) is 4.60. The minimum absolute atomic E-state index is 0. The molecule has 0 amide bonds. The standard InChI is InChI=1S/C23H15ClO.BrH/c24-19-11-9-16(10-12-19)23(25)14-13-22-20-7-3-1-5-17(20)15-18-6-2-4-8-21(18)22;/h1-15H;1H/b14-13+;. The van der Waals surface area contributed by atoms with Crippen LogP contribution in [-0.4, -0.2) is 5.78 Å². The predicted molar refractivity (Wildman–Crippen MR) is 117 cm³/mol. The fourth-order valence-electron chi connectivity index (χ4n) is 3.10. The van der Waals surface area contributed by atoms with Crippen LogP contribution in [0.15, 0.2) is 84.9 Å². The van der Waals surface area contributed by atoms with Crippen LogP contribution in [0.5, 0.6) is 0 Å². The van der Waals surface area contributed by atoms with Gasteiger partial charge in [0.2, 0.25) is 0 Å². The molecule has 4 aromatic rings. The second-order valence-electron chi connectivity index (χ2n) is 5.94. The highest BCUT2D eigenvalue weighted by molar-refractivity contribution is 8.93. The smallest absolute Gasteiger partial charge is 0.185 e. The van der Waals surface area contributed by atoms with Gasteiger partial charge in [-0.1, -0.05) is 60.1 Å². The van der Waals surface area contributed by atoms with E-state index in [9.17, 15) is 4.79 Å². The molecule has 26 heavy (non-hydrogen) atoms. The highest BCUT2D eigenvalue weighted by Gasteiger charge is 2.06. The number of hydrogen-bond acceptors (Lipinski definition) is 1. The molecule has 0 unspecified atom stereocenters. The number of carbonyl (C=O) groups excluding carboxylic acids is 1. The average molecular weight is 424 g/mol. The first-order chi connectivity index (χ1) is 12.2. The molecule has 0 bridgehead atoms. The normalized spacial score (nSPS) is 11.0. The van der Waals surface area contributed by atoms with Gasteiger partial charge in [-0.2, -0.15) is 0 Å². The molecule has 0 radical (unpaired) electrons. The van der Waals surface area contributed by atoms with Crippen molar-refractivity contribution in [3.05, 3.63) is 101 Å². The molecule has 3 heteroatoms. The fourth-order valence-corrected chi connectivity index (χ4v) is 3.22. The number of halogens is 2. The van der Waals surface area contributed by atoms with Crippen molar-refractivity contribution < 1.29 is 4.79 Å². The van der Waals surface area contributed by atoms with E-state index in [2.05, 4.69) is 30.3 Å². The van der Waals surface area contributed by atoms with Gasteiger partial charge in [0, 0.05) is 10.6 Å². The van der Waals surface area contributed by atoms with Crippen LogP contribution >= 0.6 is 28.6 Å². The van der Waals surface area contributed by atoms with Gasteiger partial charge in [-0.3, -0.25) is 4.79 Å². The van der Waals surface area contributed by atoms with Gasteiger partial charge in [-0.25, -0.2) is 0 Å². The van der Waals surface area contributed by atoms with E-state index in [4.69, 9.17) is 11.6 Å². The van der Waals surface area contributed by atoms with Gasteiger partial charge in [0.1, 0.15) is 0 Å². The second-order valence-corrected chi connectivity index (χ2v) is 6.37. The second kappa shape index (κ2) is 7.86. The monoisotopic (exact) mass is 422 g/mol. The molecule has 0 aliphatic rings. The zero-order valence-corrected chi connectivity index (χ0v) is 16.3. The Kier molecular flexibility index (Phi) is 5.55. The Morgan fingerprint density at radius 2 is 1.31 bits per heavy atom. The van der Waals surface area contributed by atoms with Crippen molar-refractivity contribution in [2.45, 2.75) is 0 Å². The summed E-state index contributed by atoms with van der Waals surface area (Å²) in [4.78, 5) is 12.5. The first-order valence-electron chi connectivity index (χ1n) is 8.11. The third-order valence-electron chi connectivity index (χ3n) is 4.34. The van der Waals surface area contributed by atoms with E-state index >= 15 is 0 Å². The van der Waals surface area contributed by atoms with Crippen molar-refractivity contribution >= 4 is 62.0 Å². The maximum absolute atomic E-state index is 12.5. The minimum atomic E-state index is -0.0336. The highest BCUT2D eigenvalue weighted by Crippen LogP contribution is 2.29. The molecular formula is C23H16BrClO. The molecule has 4 aromatic carbocycles. The number of allylic oxidation sites excluding steroid dienone is 1. The number of fused-ring (bicyclic) bond motifs is 2. The van der Waals surface area contributed by atoms with Crippen LogP contribution in [0.25, 0.3) is 27.6 Å². The summed E-state index contributed by atoms with van der Waals surface area (Å²) < 4.78 is 0. The summed E-state index contributed by atoms with van der Waals surface area (Å²) in [6.07, 6.45) is 3.55. The van der Waals surface area contributed by atoms with Crippen LogP contribution in [0.3, 0.4) is 0 Å². The molecule has 0 atom stereocenters. The van der Waals surface area contributed by atoms with Crippen molar-refractivity contribution in [1.82, 2.24) is 0 Å².